The Bertz CT molecular complexity index is 411. The van der Waals surface area contributed by atoms with Crippen molar-refractivity contribution in [2.45, 2.75) is 69.2 Å². The van der Waals surface area contributed by atoms with Gasteiger partial charge in [0.25, 0.3) is 0 Å². The van der Waals surface area contributed by atoms with Crippen molar-refractivity contribution in [1.82, 2.24) is 10.2 Å². The summed E-state index contributed by atoms with van der Waals surface area (Å²) in [5.41, 5.74) is 0. The molecule has 2 saturated carbocycles. The smallest absolute Gasteiger partial charge is 0.243 e. The zero-order valence-electron chi connectivity index (χ0n) is 12.8. The van der Waals surface area contributed by atoms with E-state index in [1.54, 1.807) is 0 Å². The second-order valence-corrected chi connectivity index (χ2v) is 8.02. The minimum atomic E-state index is -0.203. The van der Waals surface area contributed by atoms with E-state index in [4.69, 9.17) is 0 Å². The number of nitrogens with one attached hydrogen (secondary N) is 1. The van der Waals surface area contributed by atoms with Crippen LogP contribution in [0.1, 0.15) is 51.9 Å². The van der Waals surface area contributed by atoms with Crippen molar-refractivity contribution < 1.29 is 9.59 Å². The van der Waals surface area contributed by atoms with Crippen LogP contribution in [-0.4, -0.2) is 46.3 Å². The van der Waals surface area contributed by atoms with Gasteiger partial charge < -0.3 is 10.2 Å². The summed E-state index contributed by atoms with van der Waals surface area (Å²) in [5.74, 6) is 1.63. The van der Waals surface area contributed by atoms with E-state index in [1.165, 1.54) is 12.8 Å². The van der Waals surface area contributed by atoms with Crippen LogP contribution in [0.3, 0.4) is 0 Å². The van der Waals surface area contributed by atoms with Crippen molar-refractivity contribution in [2.24, 2.45) is 5.92 Å². The van der Waals surface area contributed by atoms with Crippen molar-refractivity contribution in [3.8, 4) is 0 Å². The Kier molecular flexibility index (Phi) is 4.77. The molecule has 21 heavy (non-hydrogen) atoms. The van der Waals surface area contributed by atoms with Crippen molar-refractivity contribution in [2.75, 3.05) is 12.3 Å². The van der Waals surface area contributed by atoms with Gasteiger partial charge in [-0.15, -0.1) is 0 Å². The molecule has 3 rings (SSSR count). The number of amides is 2. The molecule has 0 radical (unpaired) electrons. The first-order valence-electron chi connectivity index (χ1n) is 8.43. The van der Waals surface area contributed by atoms with E-state index in [1.807, 2.05) is 16.7 Å². The standard InChI is InChI=1S/C16H26N2O2S/c1-2-21-14-7-3-5-12(14)17-15(19)13-6-4-10-18(13)16(20)11-8-9-11/h11-14H,2-10H2,1H3,(H,17,19)/t12-,13-,14+/m0/s1. The van der Waals surface area contributed by atoms with Gasteiger partial charge in [0.15, 0.2) is 0 Å². The Morgan fingerprint density at radius 3 is 2.67 bits per heavy atom. The normalized spacial score (nSPS) is 32.4. The van der Waals surface area contributed by atoms with Crippen LogP contribution < -0.4 is 5.32 Å². The molecule has 3 atom stereocenters. The maximum absolute atomic E-state index is 12.6. The molecular weight excluding hydrogens is 284 g/mol. The monoisotopic (exact) mass is 310 g/mol. The molecule has 2 amide bonds. The van der Waals surface area contributed by atoms with Gasteiger partial charge in [-0.3, -0.25) is 9.59 Å². The Morgan fingerprint density at radius 1 is 1.14 bits per heavy atom. The largest absolute Gasteiger partial charge is 0.350 e. The molecule has 1 N–H and O–H groups in total. The molecule has 0 spiro atoms. The highest BCUT2D eigenvalue weighted by molar-refractivity contribution is 7.99. The fraction of sp³-hybridized carbons (Fsp3) is 0.875. The average molecular weight is 310 g/mol. The lowest BCUT2D eigenvalue weighted by atomic mass is 10.1. The Morgan fingerprint density at radius 2 is 1.95 bits per heavy atom. The van der Waals surface area contributed by atoms with E-state index in [2.05, 4.69) is 12.2 Å². The quantitative estimate of drug-likeness (QED) is 0.847. The third-order valence-corrected chi connectivity index (χ3v) is 6.25. The number of hydrogen-bond acceptors (Lipinski definition) is 3. The number of carbonyl (C=O) groups is 2. The predicted molar refractivity (Wildman–Crippen MR) is 85.2 cm³/mol. The number of thioether (sulfide) groups is 1. The van der Waals surface area contributed by atoms with Crippen molar-refractivity contribution >= 4 is 23.6 Å². The molecule has 3 aliphatic rings. The Balaban J connectivity index is 1.57. The lowest BCUT2D eigenvalue weighted by Crippen LogP contribution is -2.50. The molecule has 1 saturated heterocycles. The van der Waals surface area contributed by atoms with Gasteiger partial charge in [0.2, 0.25) is 11.8 Å². The number of nitrogens with zero attached hydrogens (tertiary/aromatic N) is 1. The fourth-order valence-corrected chi connectivity index (χ4v) is 4.85. The zero-order valence-corrected chi connectivity index (χ0v) is 13.7. The van der Waals surface area contributed by atoms with Gasteiger partial charge in [0.1, 0.15) is 6.04 Å². The molecular formula is C16H26N2O2S. The van der Waals surface area contributed by atoms with E-state index in [-0.39, 0.29) is 23.8 Å². The van der Waals surface area contributed by atoms with Gasteiger partial charge in [-0.25, -0.2) is 0 Å². The summed E-state index contributed by atoms with van der Waals surface area (Å²) < 4.78 is 0. The molecule has 118 valence electrons. The van der Waals surface area contributed by atoms with E-state index in [0.717, 1.165) is 44.4 Å². The second kappa shape index (κ2) is 6.59. The molecule has 5 heteroatoms. The Labute approximate surface area is 131 Å². The molecule has 2 aliphatic carbocycles. The number of rotatable bonds is 5. The van der Waals surface area contributed by atoms with Crippen LogP contribution in [0.15, 0.2) is 0 Å². The third kappa shape index (κ3) is 3.38. The number of hydrogen-bond donors (Lipinski definition) is 1. The lowest BCUT2D eigenvalue weighted by molar-refractivity contribution is -0.139. The zero-order chi connectivity index (χ0) is 14.8. The summed E-state index contributed by atoms with van der Waals surface area (Å²) in [6.45, 7) is 2.94. The van der Waals surface area contributed by atoms with Gasteiger partial charge in [0.05, 0.1) is 0 Å². The lowest BCUT2D eigenvalue weighted by Gasteiger charge is -2.27. The second-order valence-electron chi connectivity index (χ2n) is 6.50. The van der Waals surface area contributed by atoms with Crippen LogP contribution in [0.2, 0.25) is 0 Å². The first-order valence-corrected chi connectivity index (χ1v) is 9.48. The highest BCUT2D eigenvalue weighted by atomic mass is 32.2. The summed E-state index contributed by atoms with van der Waals surface area (Å²) in [6, 6.07) is 0.104. The van der Waals surface area contributed by atoms with Crippen LogP contribution in [0, 0.1) is 5.92 Å². The van der Waals surface area contributed by atoms with E-state index in [0.29, 0.717) is 11.3 Å². The first kappa shape index (κ1) is 15.2. The first-order chi connectivity index (χ1) is 10.2. The molecule has 0 aromatic heterocycles. The molecule has 0 aromatic rings. The van der Waals surface area contributed by atoms with Crippen molar-refractivity contribution in [1.29, 1.82) is 0 Å². The maximum Gasteiger partial charge on any atom is 0.243 e. The molecule has 0 aromatic carbocycles. The van der Waals surface area contributed by atoms with Gasteiger partial charge in [-0.2, -0.15) is 11.8 Å². The Hall–Kier alpha value is -0.710. The van der Waals surface area contributed by atoms with Gasteiger partial charge >= 0.3 is 0 Å². The van der Waals surface area contributed by atoms with E-state index < -0.39 is 0 Å². The fourth-order valence-electron chi connectivity index (χ4n) is 3.65. The molecule has 1 heterocycles. The van der Waals surface area contributed by atoms with E-state index in [9.17, 15) is 9.59 Å². The van der Waals surface area contributed by atoms with Gasteiger partial charge in [-0.1, -0.05) is 13.3 Å². The third-order valence-electron chi connectivity index (χ3n) is 4.93. The van der Waals surface area contributed by atoms with Crippen molar-refractivity contribution in [3.63, 3.8) is 0 Å². The summed E-state index contributed by atoms with van der Waals surface area (Å²) in [5, 5.41) is 3.81. The van der Waals surface area contributed by atoms with Crippen LogP contribution >= 0.6 is 11.8 Å². The van der Waals surface area contributed by atoms with Gasteiger partial charge in [-0.05, 0) is 44.3 Å². The van der Waals surface area contributed by atoms with Crippen LogP contribution in [-0.2, 0) is 9.59 Å². The molecule has 0 bridgehead atoms. The van der Waals surface area contributed by atoms with Crippen molar-refractivity contribution in [3.05, 3.63) is 0 Å². The number of carbonyl (C=O) groups excluding carboxylic acids is 2. The highest BCUT2D eigenvalue weighted by Crippen LogP contribution is 2.34. The average Bonchev–Trinajstić information content (AvgIpc) is 3.04. The molecule has 4 nitrogen and oxygen atoms in total. The summed E-state index contributed by atoms with van der Waals surface area (Å²) in [6.07, 6.45) is 7.34. The summed E-state index contributed by atoms with van der Waals surface area (Å²) >= 11 is 1.96. The number of likely N-dealkylation sites (tertiary alicyclic amines) is 1. The van der Waals surface area contributed by atoms with E-state index >= 15 is 0 Å². The van der Waals surface area contributed by atoms with Gasteiger partial charge in [0, 0.05) is 23.8 Å². The molecule has 0 unspecified atom stereocenters. The molecule has 1 aliphatic heterocycles. The predicted octanol–water partition coefficient (Wildman–Crippen LogP) is 2.18. The summed E-state index contributed by atoms with van der Waals surface area (Å²) in [7, 11) is 0. The van der Waals surface area contributed by atoms with Crippen LogP contribution in [0.4, 0.5) is 0 Å². The minimum Gasteiger partial charge on any atom is -0.350 e. The summed E-state index contributed by atoms with van der Waals surface area (Å²) in [4.78, 5) is 26.7. The topological polar surface area (TPSA) is 49.4 Å². The highest BCUT2D eigenvalue weighted by Gasteiger charge is 2.41. The van der Waals surface area contributed by atoms with Crippen LogP contribution in [0.5, 0.6) is 0 Å². The molecule has 3 fully saturated rings. The van der Waals surface area contributed by atoms with Crippen LogP contribution in [0.25, 0.3) is 0 Å². The SMILES string of the molecule is CCS[C@@H]1CCC[C@@H]1NC(=O)[C@@H]1CCCN1C(=O)C1CC1. The minimum absolute atomic E-state index is 0.0927. The maximum atomic E-state index is 12.6.